The minimum Gasteiger partial charge on any atom is -0.454 e. The molecule has 0 aliphatic carbocycles. The molecule has 1 aliphatic heterocycles. The largest absolute Gasteiger partial charge is 0.454 e. The second-order valence-corrected chi connectivity index (χ2v) is 7.27. The van der Waals surface area contributed by atoms with Gasteiger partial charge in [0.2, 0.25) is 12.7 Å². The maximum Gasteiger partial charge on any atom is 0.231 e. The van der Waals surface area contributed by atoms with Crippen molar-refractivity contribution >= 4 is 5.91 Å². The molecule has 5 rings (SSSR count). The molecule has 4 aromatic rings. The first-order chi connectivity index (χ1) is 15.2. The molecule has 0 saturated carbocycles. The topological polar surface area (TPSA) is 73.6 Å². The Bertz CT molecular complexity index is 1200. The smallest absolute Gasteiger partial charge is 0.231 e. The Morgan fingerprint density at radius 2 is 1.58 bits per heavy atom. The summed E-state index contributed by atoms with van der Waals surface area (Å²) in [5.41, 5.74) is 4.73. The van der Waals surface area contributed by atoms with E-state index in [9.17, 15) is 4.79 Å². The first-order valence-electron chi connectivity index (χ1n) is 10.0. The summed E-state index contributed by atoms with van der Waals surface area (Å²) in [6.07, 6.45) is 0.307. The number of hydrogen-bond acceptors (Lipinski definition) is 5. The molecule has 1 aromatic heterocycles. The number of amides is 1. The molecular formula is C25H20N2O4. The van der Waals surface area contributed by atoms with E-state index in [2.05, 4.69) is 22.6 Å². The summed E-state index contributed by atoms with van der Waals surface area (Å²) in [7, 11) is 0. The van der Waals surface area contributed by atoms with Gasteiger partial charge >= 0.3 is 0 Å². The van der Waals surface area contributed by atoms with Crippen LogP contribution in [-0.2, 0) is 17.8 Å². The van der Waals surface area contributed by atoms with Crippen LogP contribution in [0.15, 0.2) is 83.4 Å². The number of ether oxygens (including phenoxy) is 2. The van der Waals surface area contributed by atoms with Crippen LogP contribution in [0.25, 0.3) is 22.5 Å². The number of carbonyl (C=O) groups is 1. The second kappa shape index (κ2) is 8.36. The molecule has 0 fully saturated rings. The molecule has 0 unspecified atom stereocenters. The van der Waals surface area contributed by atoms with Crippen LogP contribution in [0.2, 0.25) is 0 Å². The highest BCUT2D eigenvalue weighted by Gasteiger charge is 2.16. The number of nitrogens with one attached hydrogen (secondary N) is 1. The predicted molar refractivity (Wildman–Crippen MR) is 115 cm³/mol. The Balaban J connectivity index is 1.17. The molecule has 0 saturated heterocycles. The maximum atomic E-state index is 12.3. The van der Waals surface area contributed by atoms with Gasteiger partial charge in [0.05, 0.1) is 13.0 Å². The first-order valence-corrected chi connectivity index (χ1v) is 10.0. The van der Waals surface area contributed by atoms with E-state index in [1.807, 2.05) is 66.7 Å². The van der Waals surface area contributed by atoms with Crippen LogP contribution in [0.5, 0.6) is 11.5 Å². The van der Waals surface area contributed by atoms with Crippen molar-refractivity contribution in [2.75, 3.05) is 6.79 Å². The summed E-state index contributed by atoms with van der Waals surface area (Å²) in [5, 5.41) is 6.94. The van der Waals surface area contributed by atoms with Crippen LogP contribution in [0.1, 0.15) is 11.3 Å². The van der Waals surface area contributed by atoms with Gasteiger partial charge in [-0.1, -0.05) is 59.8 Å². The van der Waals surface area contributed by atoms with Gasteiger partial charge in [-0.15, -0.1) is 0 Å². The predicted octanol–water partition coefficient (Wildman–Crippen LogP) is 4.60. The fourth-order valence-electron chi connectivity index (χ4n) is 3.46. The summed E-state index contributed by atoms with van der Waals surface area (Å²) in [6.45, 7) is 0.524. The molecule has 6 heteroatoms. The lowest BCUT2D eigenvalue weighted by molar-refractivity contribution is -0.120. The monoisotopic (exact) mass is 412 g/mol. The van der Waals surface area contributed by atoms with Crippen LogP contribution in [0, 0.1) is 0 Å². The lowest BCUT2D eigenvalue weighted by Crippen LogP contribution is -2.24. The second-order valence-electron chi connectivity index (χ2n) is 7.27. The van der Waals surface area contributed by atoms with E-state index in [-0.39, 0.29) is 12.7 Å². The molecule has 0 spiro atoms. The summed E-state index contributed by atoms with van der Waals surface area (Å²) >= 11 is 0. The van der Waals surface area contributed by atoms with Gasteiger partial charge in [-0.25, -0.2) is 0 Å². The van der Waals surface area contributed by atoms with Gasteiger partial charge in [-0.05, 0) is 34.9 Å². The SMILES string of the molecule is O=C(Cc1ccc(-c2ccccc2)cc1)NCc1cc(-c2ccc3c(c2)OCO3)on1. The van der Waals surface area contributed by atoms with Crippen molar-refractivity contribution in [1.29, 1.82) is 0 Å². The minimum atomic E-state index is -0.0694. The minimum absolute atomic E-state index is 0.0694. The fraction of sp³-hybridized carbons (Fsp3) is 0.120. The van der Waals surface area contributed by atoms with Gasteiger partial charge in [0.15, 0.2) is 17.3 Å². The summed E-state index contributed by atoms with van der Waals surface area (Å²) < 4.78 is 16.1. The van der Waals surface area contributed by atoms with Crippen molar-refractivity contribution in [3.8, 4) is 33.9 Å². The third-order valence-corrected chi connectivity index (χ3v) is 5.11. The van der Waals surface area contributed by atoms with Gasteiger partial charge < -0.3 is 19.3 Å². The van der Waals surface area contributed by atoms with Crippen molar-refractivity contribution in [1.82, 2.24) is 10.5 Å². The van der Waals surface area contributed by atoms with E-state index in [1.165, 1.54) is 0 Å². The first kappa shape index (κ1) is 18.9. The van der Waals surface area contributed by atoms with E-state index in [1.54, 1.807) is 0 Å². The normalized spacial score (nSPS) is 12.0. The van der Waals surface area contributed by atoms with E-state index < -0.39 is 0 Å². The highest BCUT2D eigenvalue weighted by atomic mass is 16.7. The number of carbonyl (C=O) groups excluding carboxylic acids is 1. The van der Waals surface area contributed by atoms with E-state index in [4.69, 9.17) is 14.0 Å². The average molecular weight is 412 g/mol. The van der Waals surface area contributed by atoms with Crippen LogP contribution < -0.4 is 14.8 Å². The number of aromatic nitrogens is 1. The van der Waals surface area contributed by atoms with Crippen molar-refractivity contribution in [3.05, 3.63) is 90.1 Å². The summed E-state index contributed by atoms with van der Waals surface area (Å²) in [6, 6.07) is 25.6. The molecule has 31 heavy (non-hydrogen) atoms. The van der Waals surface area contributed by atoms with E-state index in [0.29, 0.717) is 35.9 Å². The van der Waals surface area contributed by atoms with Gasteiger partial charge in [-0.2, -0.15) is 0 Å². The molecule has 1 amide bonds. The van der Waals surface area contributed by atoms with Crippen LogP contribution in [0.3, 0.4) is 0 Å². The Labute approximate surface area is 179 Å². The number of rotatable bonds is 6. The molecule has 0 bridgehead atoms. The van der Waals surface area contributed by atoms with Crippen molar-refractivity contribution < 1.29 is 18.8 Å². The number of nitrogens with zero attached hydrogens (tertiary/aromatic N) is 1. The molecule has 1 N–H and O–H groups in total. The molecule has 3 aromatic carbocycles. The van der Waals surface area contributed by atoms with Crippen LogP contribution in [-0.4, -0.2) is 17.9 Å². The number of hydrogen-bond donors (Lipinski definition) is 1. The van der Waals surface area contributed by atoms with Crippen LogP contribution >= 0.6 is 0 Å². The zero-order chi connectivity index (χ0) is 21.0. The summed E-state index contributed by atoms with van der Waals surface area (Å²) in [5.74, 6) is 1.94. The van der Waals surface area contributed by atoms with Crippen molar-refractivity contribution in [2.24, 2.45) is 0 Å². The standard InChI is InChI=1S/C25H20N2O4/c28-25(12-17-6-8-19(9-7-17)18-4-2-1-3-5-18)26-15-21-14-23(31-27-21)20-10-11-22-24(13-20)30-16-29-22/h1-11,13-14H,12,15-16H2,(H,26,28). The number of fused-ring (bicyclic) bond motifs is 1. The van der Waals surface area contributed by atoms with E-state index in [0.717, 1.165) is 22.3 Å². The molecule has 1 aliphatic rings. The zero-order valence-corrected chi connectivity index (χ0v) is 16.7. The lowest BCUT2D eigenvalue weighted by atomic mass is 10.0. The number of benzene rings is 3. The Morgan fingerprint density at radius 3 is 2.42 bits per heavy atom. The molecule has 2 heterocycles. The highest BCUT2D eigenvalue weighted by Crippen LogP contribution is 2.36. The van der Waals surface area contributed by atoms with Gasteiger partial charge in [0, 0.05) is 11.6 Å². The highest BCUT2D eigenvalue weighted by molar-refractivity contribution is 5.79. The zero-order valence-electron chi connectivity index (χ0n) is 16.7. The molecule has 154 valence electrons. The third-order valence-electron chi connectivity index (χ3n) is 5.11. The van der Waals surface area contributed by atoms with Gasteiger partial charge in [0.25, 0.3) is 0 Å². The average Bonchev–Trinajstić information content (AvgIpc) is 3.48. The lowest BCUT2D eigenvalue weighted by Gasteiger charge is -2.05. The Hall–Kier alpha value is -4.06. The van der Waals surface area contributed by atoms with Gasteiger partial charge in [-0.3, -0.25) is 4.79 Å². The molecule has 0 atom stereocenters. The van der Waals surface area contributed by atoms with Crippen molar-refractivity contribution in [3.63, 3.8) is 0 Å². The molecule has 6 nitrogen and oxygen atoms in total. The Kier molecular flexibility index (Phi) is 5.10. The molecule has 0 radical (unpaired) electrons. The maximum absolute atomic E-state index is 12.3. The molecular weight excluding hydrogens is 392 g/mol. The summed E-state index contributed by atoms with van der Waals surface area (Å²) in [4.78, 5) is 12.3. The van der Waals surface area contributed by atoms with Crippen LogP contribution in [0.4, 0.5) is 0 Å². The van der Waals surface area contributed by atoms with Crippen molar-refractivity contribution in [2.45, 2.75) is 13.0 Å². The van der Waals surface area contributed by atoms with Gasteiger partial charge in [0.1, 0.15) is 5.69 Å². The quantitative estimate of drug-likeness (QED) is 0.501. The Morgan fingerprint density at radius 1 is 0.839 bits per heavy atom. The fourth-order valence-corrected chi connectivity index (χ4v) is 3.46. The third kappa shape index (κ3) is 4.28. The van der Waals surface area contributed by atoms with E-state index >= 15 is 0 Å².